The van der Waals surface area contributed by atoms with Crippen LogP contribution >= 0.6 is 0 Å². The molecule has 0 fully saturated rings. The predicted molar refractivity (Wildman–Crippen MR) is 78.8 cm³/mol. The Labute approximate surface area is 126 Å². The summed E-state index contributed by atoms with van der Waals surface area (Å²) in [6.07, 6.45) is -0.546. The van der Waals surface area contributed by atoms with Crippen molar-refractivity contribution in [2.45, 2.75) is 26.4 Å². The molecule has 0 aliphatic carbocycles. The molecule has 1 aromatic carbocycles. The highest BCUT2D eigenvalue weighted by Crippen LogP contribution is 2.21. The van der Waals surface area contributed by atoms with Crippen LogP contribution in [0.15, 0.2) is 34.9 Å². The average Bonchev–Trinajstić information content (AvgIpc) is 2.87. The van der Waals surface area contributed by atoms with Gasteiger partial charge in [0.05, 0.1) is 0 Å². The Morgan fingerprint density at radius 1 is 1.23 bits per heavy atom. The Bertz CT molecular complexity index is 683. The van der Waals surface area contributed by atoms with Crippen molar-refractivity contribution in [2.24, 2.45) is 0 Å². The highest BCUT2D eigenvalue weighted by Gasteiger charge is 2.16. The van der Waals surface area contributed by atoms with E-state index in [1.54, 1.807) is 45.0 Å². The van der Waals surface area contributed by atoms with E-state index in [4.69, 9.17) is 14.4 Å². The molecule has 2 rings (SSSR count). The SMILES string of the molecule is CC(C)(C)OC(=O)Nc1ccc(-c2cc(C(=O)O)on2)cc1. The smallest absolute Gasteiger partial charge is 0.412 e. The van der Waals surface area contributed by atoms with Crippen LogP contribution in [-0.2, 0) is 4.74 Å². The highest BCUT2D eigenvalue weighted by atomic mass is 16.6. The van der Waals surface area contributed by atoms with Crippen LogP contribution in [0.25, 0.3) is 11.3 Å². The monoisotopic (exact) mass is 304 g/mol. The zero-order valence-corrected chi connectivity index (χ0v) is 12.4. The maximum atomic E-state index is 11.6. The van der Waals surface area contributed by atoms with Crippen LogP contribution < -0.4 is 5.32 Å². The van der Waals surface area contributed by atoms with Crippen LogP contribution in [0.4, 0.5) is 10.5 Å². The van der Waals surface area contributed by atoms with E-state index in [9.17, 15) is 9.59 Å². The minimum absolute atomic E-state index is 0.231. The predicted octanol–water partition coefficient (Wildman–Crippen LogP) is 3.39. The average molecular weight is 304 g/mol. The first-order valence-corrected chi connectivity index (χ1v) is 6.55. The molecule has 0 aliphatic heterocycles. The van der Waals surface area contributed by atoms with Crippen molar-refractivity contribution in [3.8, 4) is 11.3 Å². The molecule has 0 unspecified atom stereocenters. The number of hydrogen-bond donors (Lipinski definition) is 2. The Morgan fingerprint density at radius 2 is 1.86 bits per heavy atom. The van der Waals surface area contributed by atoms with Crippen LogP contribution in [0.2, 0.25) is 0 Å². The summed E-state index contributed by atoms with van der Waals surface area (Å²) in [6.45, 7) is 5.33. The van der Waals surface area contributed by atoms with Gasteiger partial charge < -0.3 is 14.4 Å². The number of amides is 1. The molecule has 0 saturated heterocycles. The number of benzene rings is 1. The van der Waals surface area contributed by atoms with Crippen LogP contribution in [0.5, 0.6) is 0 Å². The maximum absolute atomic E-state index is 11.6. The number of aromatic carboxylic acids is 1. The topological polar surface area (TPSA) is 102 Å². The summed E-state index contributed by atoms with van der Waals surface area (Å²) in [5.74, 6) is -1.41. The van der Waals surface area contributed by atoms with Gasteiger partial charge in [0, 0.05) is 17.3 Å². The largest absolute Gasteiger partial charge is 0.475 e. The molecule has 116 valence electrons. The van der Waals surface area contributed by atoms with Crippen LogP contribution in [0.3, 0.4) is 0 Å². The molecule has 2 N–H and O–H groups in total. The molecule has 0 saturated carbocycles. The molecule has 0 bridgehead atoms. The second kappa shape index (κ2) is 5.88. The second-order valence-corrected chi connectivity index (χ2v) is 5.59. The number of carbonyl (C=O) groups is 2. The molecule has 22 heavy (non-hydrogen) atoms. The molecule has 7 nitrogen and oxygen atoms in total. The Kier molecular flexibility index (Phi) is 4.16. The van der Waals surface area contributed by atoms with Gasteiger partial charge in [0.15, 0.2) is 0 Å². The van der Waals surface area contributed by atoms with Crippen molar-refractivity contribution in [3.05, 3.63) is 36.1 Å². The van der Waals surface area contributed by atoms with E-state index in [0.717, 1.165) is 0 Å². The van der Waals surface area contributed by atoms with Gasteiger partial charge >= 0.3 is 12.1 Å². The van der Waals surface area contributed by atoms with Crippen molar-refractivity contribution < 1.29 is 24.0 Å². The number of nitrogens with one attached hydrogen (secondary N) is 1. The Hall–Kier alpha value is -2.83. The summed E-state index contributed by atoms with van der Waals surface area (Å²) in [7, 11) is 0. The lowest BCUT2D eigenvalue weighted by atomic mass is 10.1. The standard InChI is InChI=1S/C15H16N2O5/c1-15(2,3)21-14(20)16-10-6-4-9(5-7-10)11-8-12(13(18)19)22-17-11/h4-8H,1-3H3,(H,16,20)(H,18,19). The highest BCUT2D eigenvalue weighted by molar-refractivity contribution is 5.86. The molecule has 0 radical (unpaired) electrons. The zero-order chi connectivity index (χ0) is 16.3. The fourth-order valence-electron chi connectivity index (χ4n) is 1.66. The number of carbonyl (C=O) groups excluding carboxylic acids is 1. The molecule has 1 aromatic heterocycles. The molecule has 0 aliphatic rings. The number of ether oxygens (including phenoxy) is 1. The fourth-order valence-corrected chi connectivity index (χ4v) is 1.66. The second-order valence-electron chi connectivity index (χ2n) is 5.59. The number of aromatic nitrogens is 1. The molecular formula is C15H16N2O5. The normalized spacial score (nSPS) is 11.0. The number of anilines is 1. The number of nitrogens with zero attached hydrogens (tertiary/aromatic N) is 1. The summed E-state index contributed by atoms with van der Waals surface area (Å²) in [5, 5.41) is 15.1. The van der Waals surface area contributed by atoms with Crippen molar-refractivity contribution in [1.82, 2.24) is 5.16 Å². The van der Waals surface area contributed by atoms with E-state index in [2.05, 4.69) is 10.5 Å². The molecule has 1 amide bonds. The van der Waals surface area contributed by atoms with Gasteiger partial charge in [0.25, 0.3) is 0 Å². The van der Waals surface area contributed by atoms with Crippen molar-refractivity contribution in [3.63, 3.8) is 0 Å². The quantitative estimate of drug-likeness (QED) is 0.901. The van der Waals surface area contributed by atoms with E-state index in [-0.39, 0.29) is 5.76 Å². The van der Waals surface area contributed by atoms with Gasteiger partial charge in [0.1, 0.15) is 11.3 Å². The summed E-state index contributed by atoms with van der Waals surface area (Å²) in [4.78, 5) is 22.4. The van der Waals surface area contributed by atoms with Crippen LogP contribution in [0.1, 0.15) is 31.3 Å². The molecular weight excluding hydrogens is 288 g/mol. The Balaban J connectivity index is 2.06. The lowest BCUT2D eigenvalue weighted by molar-refractivity contribution is 0.0630. The molecule has 2 aromatic rings. The third kappa shape index (κ3) is 4.08. The number of hydrogen-bond acceptors (Lipinski definition) is 5. The molecule has 0 spiro atoms. The van der Waals surface area contributed by atoms with Crippen molar-refractivity contribution in [1.29, 1.82) is 0 Å². The van der Waals surface area contributed by atoms with E-state index in [1.165, 1.54) is 6.07 Å². The Morgan fingerprint density at radius 3 is 2.36 bits per heavy atom. The lowest BCUT2D eigenvalue weighted by Gasteiger charge is -2.19. The lowest BCUT2D eigenvalue weighted by Crippen LogP contribution is -2.27. The third-order valence-electron chi connectivity index (χ3n) is 2.55. The van der Waals surface area contributed by atoms with Crippen molar-refractivity contribution in [2.75, 3.05) is 5.32 Å². The van der Waals surface area contributed by atoms with E-state index >= 15 is 0 Å². The third-order valence-corrected chi connectivity index (χ3v) is 2.55. The maximum Gasteiger partial charge on any atom is 0.412 e. The molecule has 1 heterocycles. The van der Waals surface area contributed by atoms with Crippen LogP contribution in [0, 0.1) is 0 Å². The molecule has 7 heteroatoms. The van der Waals surface area contributed by atoms with Crippen molar-refractivity contribution >= 4 is 17.7 Å². The minimum Gasteiger partial charge on any atom is -0.475 e. The molecule has 0 atom stereocenters. The van der Waals surface area contributed by atoms with Gasteiger partial charge in [-0.05, 0) is 32.9 Å². The van der Waals surface area contributed by atoms with Crippen LogP contribution in [-0.4, -0.2) is 27.9 Å². The van der Waals surface area contributed by atoms with Gasteiger partial charge in [-0.15, -0.1) is 0 Å². The van der Waals surface area contributed by atoms with Gasteiger partial charge in [-0.25, -0.2) is 9.59 Å². The minimum atomic E-state index is -1.18. The summed E-state index contributed by atoms with van der Waals surface area (Å²) >= 11 is 0. The number of carboxylic acids is 1. The first-order chi connectivity index (χ1) is 10.2. The first kappa shape index (κ1) is 15.6. The van der Waals surface area contributed by atoms with E-state index in [0.29, 0.717) is 16.9 Å². The van der Waals surface area contributed by atoms with E-state index < -0.39 is 17.7 Å². The van der Waals surface area contributed by atoms with Gasteiger partial charge in [-0.3, -0.25) is 5.32 Å². The first-order valence-electron chi connectivity index (χ1n) is 6.55. The summed E-state index contributed by atoms with van der Waals surface area (Å²) in [6, 6.07) is 8.04. The van der Waals surface area contributed by atoms with Gasteiger partial charge in [-0.2, -0.15) is 0 Å². The number of rotatable bonds is 3. The fraction of sp³-hybridized carbons (Fsp3) is 0.267. The summed E-state index contributed by atoms with van der Waals surface area (Å²) < 4.78 is 9.83. The zero-order valence-electron chi connectivity index (χ0n) is 12.4. The van der Waals surface area contributed by atoms with E-state index in [1.807, 2.05) is 0 Å². The summed E-state index contributed by atoms with van der Waals surface area (Å²) in [5.41, 5.74) is 1.06. The number of carboxylic acid groups (broad SMARTS) is 1. The van der Waals surface area contributed by atoms with Gasteiger partial charge in [-0.1, -0.05) is 17.3 Å². The van der Waals surface area contributed by atoms with Gasteiger partial charge in [0.2, 0.25) is 5.76 Å².